The number of nitrogens with one attached hydrogen (secondary N) is 1. The number of anilines is 1. The van der Waals surface area contributed by atoms with E-state index < -0.39 is 11.6 Å². The number of pyridine rings is 1. The molecule has 8 heteroatoms. The van der Waals surface area contributed by atoms with Gasteiger partial charge in [0.05, 0.1) is 5.69 Å². The molecule has 1 aromatic carbocycles. The summed E-state index contributed by atoms with van der Waals surface area (Å²) in [5, 5.41) is 21.4. The van der Waals surface area contributed by atoms with E-state index in [1.165, 1.54) is 36.5 Å². The molecule has 0 saturated carbocycles. The van der Waals surface area contributed by atoms with Crippen LogP contribution in [0.15, 0.2) is 36.5 Å². The van der Waals surface area contributed by atoms with Crippen molar-refractivity contribution in [3.05, 3.63) is 36.5 Å². The van der Waals surface area contributed by atoms with E-state index in [2.05, 4.69) is 10.3 Å². The molecule has 0 radical (unpaired) electrons. The number of carbonyl (C=O) groups is 2. The van der Waals surface area contributed by atoms with E-state index in [9.17, 15) is 19.8 Å². The van der Waals surface area contributed by atoms with Crippen molar-refractivity contribution in [2.75, 3.05) is 4.90 Å². The Labute approximate surface area is 137 Å². The van der Waals surface area contributed by atoms with Gasteiger partial charge in [-0.15, -0.1) is 0 Å². The van der Waals surface area contributed by atoms with Crippen LogP contribution in [0.2, 0.25) is 0 Å². The number of phenols is 2. The Morgan fingerprint density at radius 3 is 2.50 bits per heavy atom. The van der Waals surface area contributed by atoms with E-state index in [0.29, 0.717) is 5.69 Å². The highest BCUT2D eigenvalue weighted by molar-refractivity contribution is 6.23. The Hall–Kier alpha value is -3.29. The molecule has 1 aromatic heterocycles. The van der Waals surface area contributed by atoms with Crippen molar-refractivity contribution in [1.82, 2.24) is 10.3 Å². The first kappa shape index (κ1) is 15.6. The zero-order valence-electron chi connectivity index (χ0n) is 13.0. The molecule has 3 rings (SSSR count). The lowest BCUT2D eigenvalue weighted by Gasteiger charge is -2.16. The number of benzene rings is 1. The normalized spacial score (nSPS) is 16.2. The van der Waals surface area contributed by atoms with Gasteiger partial charge in [0.15, 0.2) is 11.5 Å². The lowest BCUT2D eigenvalue weighted by Crippen LogP contribution is -2.40. The second-order valence-electron chi connectivity index (χ2n) is 5.80. The Bertz CT molecular complexity index is 834. The molecule has 0 spiro atoms. The van der Waals surface area contributed by atoms with Crippen LogP contribution < -0.4 is 15.0 Å². The van der Waals surface area contributed by atoms with Gasteiger partial charge in [-0.3, -0.25) is 4.79 Å². The van der Waals surface area contributed by atoms with Gasteiger partial charge in [-0.05, 0) is 32.0 Å². The highest BCUT2D eigenvalue weighted by Crippen LogP contribution is 2.32. The fraction of sp³-hybridized carbons (Fsp3) is 0.188. The van der Waals surface area contributed by atoms with Crippen LogP contribution >= 0.6 is 0 Å². The molecular formula is C16H15N3O5. The van der Waals surface area contributed by atoms with E-state index in [1.54, 1.807) is 13.8 Å². The number of ether oxygens (including phenoxy) is 1. The largest absolute Gasteiger partial charge is 0.504 e. The minimum Gasteiger partial charge on any atom is -0.504 e. The van der Waals surface area contributed by atoms with E-state index in [1.807, 2.05) is 0 Å². The van der Waals surface area contributed by atoms with Crippen molar-refractivity contribution in [2.45, 2.75) is 19.4 Å². The highest BCUT2D eigenvalue weighted by Gasteiger charge is 2.45. The minimum atomic E-state index is -0.982. The maximum Gasteiger partial charge on any atom is 0.329 e. The van der Waals surface area contributed by atoms with Gasteiger partial charge in [0.1, 0.15) is 11.3 Å². The van der Waals surface area contributed by atoms with Crippen LogP contribution in [0.25, 0.3) is 0 Å². The molecule has 1 fully saturated rings. The number of amides is 3. The summed E-state index contributed by atoms with van der Waals surface area (Å²) in [6.45, 7) is 3.23. The van der Waals surface area contributed by atoms with Gasteiger partial charge < -0.3 is 20.3 Å². The first-order valence-corrected chi connectivity index (χ1v) is 7.10. The van der Waals surface area contributed by atoms with Crippen LogP contribution in [-0.2, 0) is 4.79 Å². The second kappa shape index (κ2) is 5.41. The maximum atomic E-state index is 12.3. The third-order valence-electron chi connectivity index (χ3n) is 3.51. The zero-order valence-corrected chi connectivity index (χ0v) is 13.0. The quantitative estimate of drug-likeness (QED) is 0.587. The second-order valence-corrected chi connectivity index (χ2v) is 5.80. The van der Waals surface area contributed by atoms with Crippen molar-refractivity contribution in [3.63, 3.8) is 0 Å². The predicted octanol–water partition coefficient (Wildman–Crippen LogP) is 2.12. The summed E-state index contributed by atoms with van der Waals surface area (Å²) in [5.74, 6) is -0.618. The topological polar surface area (TPSA) is 112 Å². The molecule has 2 heterocycles. The van der Waals surface area contributed by atoms with Crippen LogP contribution in [0.3, 0.4) is 0 Å². The van der Waals surface area contributed by atoms with E-state index in [0.717, 1.165) is 4.90 Å². The number of aromatic nitrogens is 1. The number of carbonyl (C=O) groups excluding carboxylic acids is 2. The Morgan fingerprint density at radius 2 is 1.88 bits per heavy atom. The van der Waals surface area contributed by atoms with E-state index in [4.69, 9.17) is 4.74 Å². The van der Waals surface area contributed by atoms with Crippen molar-refractivity contribution >= 4 is 17.6 Å². The molecule has 3 N–H and O–H groups in total. The molecule has 24 heavy (non-hydrogen) atoms. The molecule has 3 amide bonds. The van der Waals surface area contributed by atoms with Gasteiger partial charge in [0, 0.05) is 18.3 Å². The molecule has 1 saturated heterocycles. The zero-order chi connectivity index (χ0) is 17.5. The number of rotatable bonds is 3. The van der Waals surface area contributed by atoms with Crippen LogP contribution in [0, 0.1) is 0 Å². The van der Waals surface area contributed by atoms with Crippen LogP contribution in [-0.4, -0.2) is 32.7 Å². The van der Waals surface area contributed by atoms with Crippen molar-refractivity contribution in [3.8, 4) is 23.1 Å². The Balaban J connectivity index is 1.88. The predicted molar refractivity (Wildman–Crippen MR) is 84.2 cm³/mol. The van der Waals surface area contributed by atoms with Crippen LogP contribution in [0.1, 0.15) is 13.8 Å². The number of urea groups is 1. The van der Waals surface area contributed by atoms with Crippen molar-refractivity contribution in [1.29, 1.82) is 0 Å². The molecular weight excluding hydrogens is 314 g/mol. The molecule has 124 valence electrons. The molecule has 0 aliphatic carbocycles. The van der Waals surface area contributed by atoms with Gasteiger partial charge >= 0.3 is 6.03 Å². The summed E-state index contributed by atoms with van der Waals surface area (Å²) in [6, 6.07) is 6.36. The van der Waals surface area contributed by atoms with Gasteiger partial charge in [-0.1, -0.05) is 0 Å². The average Bonchev–Trinajstić information content (AvgIpc) is 2.71. The summed E-state index contributed by atoms with van der Waals surface area (Å²) < 4.78 is 5.48. The SMILES string of the molecule is CC1(C)NC(=O)N(c2ccnc(Oc3ccc(O)c(O)c3)c2)C1=O. The molecule has 1 aliphatic heterocycles. The molecule has 0 atom stereocenters. The van der Waals surface area contributed by atoms with Crippen LogP contribution in [0.5, 0.6) is 23.1 Å². The minimum absolute atomic E-state index is 0.128. The fourth-order valence-corrected chi connectivity index (χ4v) is 2.26. The van der Waals surface area contributed by atoms with Gasteiger partial charge in [0.25, 0.3) is 5.91 Å². The van der Waals surface area contributed by atoms with Gasteiger partial charge in [0.2, 0.25) is 5.88 Å². The molecule has 2 aromatic rings. The van der Waals surface area contributed by atoms with E-state index in [-0.39, 0.29) is 29.0 Å². The molecule has 8 nitrogen and oxygen atoms in total. The molecule has 0 bridgehead atoms. The van der Waals surface area contributed by atoms with Crippen molar-refractivity contribution < 1.29 is 24.5 Å². The Morgan fingerprint density at radius 1 is 1.12 bits per heavy atom. The lowest BCUT2D eigenvalue weighted by atomic mass is 10.1. The summed E-state index contributed by atoms with van der Waals surface area (Å²) >= 11 is 0. The Kier molecular flexibility index (Phi) is 3.52. The molecule has 0 unspecified atom stereocenters. The van der Waals surface area contributed by atoms with Crippen LogP contribution in [0.4, 0.5) is 10.5 Å². The standard InChI is InChI=1S/C16H15N3O5/c1-16(2)14(22)19(15(23)18-16)9-5-6-17-13(7-9)24-10-3-4-11(20)12(21)8-10/h3-8,20-21H,1-2H3,(H,18,23). The summed E-state index contributed by atoms with van der Waals surface area (Å²) in [6.07, 6.45) is 1.40. The number of imide groups is 1. The number of aromatic hydroxyl groups is 2. The third-order valence-corrected chi connectivity index (χ3v) is 3.51. The number of nitrogens with zero attached hydrogens (tertiary/aromatic N) is 2. The molecule has 1 aliphatic rings. The fourth-order valence-electron chi connectivity index (χ4n) is 2.26. The summed E-state index contributed by atoms with van der Waals surface area (Å²) in [4.78, 5) is 29.4. The average molecular weight is 329 g/mol. The summed E-state index contributed by atoms with van der Waals surface area (Å²) in [5.41, 5.74) is -0.666. The highest BCUT2D eigenvalue weighted by atomic mass is 16.5. The monoisotopic (exact) mass is 329 g/mol. The smallest absolute Gasteiger partial charge is 0.329 e. The third kappa shape index (κ3) is 2.69. The first-order valence-electron chi connectivity index (χ1n) is 7.10. The number of hydrogen-bond acceptors (Lipinski definition) is 6. The van der Waals surface area contributed by atoms with Gasteiger partial charge in [-0.2, -0.15) is 0 Å². The summed E-state index contributed by atoms with van der Waals surface area (Å²) in [7, 11) is 0. The van der Waals surface area contributed by atoms with Gasteiger partial charge in [-0.25, -0.2) is 14.7 Å². The number of hydrogen-bond donors (Lipinski definition) is 3. The lowest BCUT2D eigenvalue weighted by molar-refractivity contribution is -0.121. The first-order chi connectivity index (χ1) is 11.3. The van der Waals surface area contributed by atoms with E-state index >= 15 is 0 Å². The number of phenolic OH excluding ortho intramolecular Hbond substituents is 2. The maximum absolute atomic E-state index is 12.3. The van der Waals surface area contributed by atoms with Crippen molar-refractivity contribution in [2.24, 2.45) is 0 Å².